The minimum absolute atomic E-state index is 0.911. The van der Waals surface area contributed by atoms with Gasteiger partial charge in [0.05, 0.1) is 0 Å². The molecule has 0 saturated carbocycles. The summed E-state index contributed by atoms with van der Waals surface area (Å²) in [5.74, 6) is 0.911. The first-order chi connectivity index (χ1) is 7.65. The maximum absolute atomic E-state index is 4.43. The Bertz CT molecular complexity index is 514. The van der Waals surface area contributed by atoms with Crippen molar-refractivity contribution in [1.29, 1.82) is 0 Å². The van der Waals surface area contributed by atoms with Crippen LogP contribution in [0.15, 0.2) is 18.5 Å². The fourth-order valence-electron chi connectivity index (χ4n) is 1.86. The van der Waals surface area contributed by atoms with Gasteiger partial charge in [0.1, 0.15) is 0 Å². The van der Waals surface area contributed by atoms with Crippen LogP contribution in [-0.2, 0) is 7.05 Å². The zero-order valence-electron chi connectivity index (χ0n) is 10.1. The molecule has 0 aliphatic rings. The fraction of sp³-hybridized carbons (Fsp3) is 0.333. The van der Waals surface area contributed by atoms with Crippen molar-refractivity contribution in [2.24, 2.45) is 7.05 Å². The van der Waals surface area contributed by atoms with E-state index in [-0.39, 0.29) is 0 Å². The highest BCUT2D eigenvalue weighted by atomic mass is 15.3. The molecule has 0 fully saturated rings. The van der Waals surface area contributed by atoms with Crippen molar-refractivity contribution < 1.29 is 0 Å². The average molecular weight is 216 g/mol. The second-order valence-corrected chi connectivity index (χ2v) is 3.87. The van der Waals surface area contributed by atoms with E-state index < -0.39 is 0 Å². The third-order valence-electron chi connectivity index (χ3n) is 2.86. The van der Waals surface area contributed by atoms with Crippen molar-refractivity contribution in [3.63, 3.8) is 0 Å². The Balaban J connectivity index is 2.68. The number of anilines is 1. The fourth-order valence-corrected chi connectivity index (χ4v) is 1.86. The minimum atomic E-state index is 0.911. The zero-order valence-corrected chi connectivity index (χ0v) is 10.1. The maximum Gasteiger partial charge on any atom is 0.155 e. The van der Waals surface area contributed by atoms with Gasteiger partial charge in [0.15, 0.2) is 5.82 Å². The van der Waals surface area contributed by atoms with Crippen molar-refractivity contribution in [3.8, 4) is 11.1 Å². The van der Waals surface area contributed by atoms with Crippen LogP contribution in [0.3, 0.4) is 0 Å². The summed E-state index contributed by atoms with van der Waals surface area (Å²) < 4.78 is 1.89. The molecule has 0 spiro atoms. The molecule has 2 heterocycles. The van der Waals surface area contributed by atoms with Gasteiger partial charge in [-0.3, -0.25) is 9.67 Å². The van der Waals surface area contributed by atoms with Crippen molar-refractivity contribution in [2.75, 3.05) is 12.4 Å². The van der Waals surface area contributed by atoms with E-state index in [2.05, 4.69) is 29.2 Å². The summed E-state index contributed by atoms with van der Waals surface area (Å²) in [6.45, 7) is 4.14. The van der Waals surface area contributed by atoms with E-state index in [9.17, 15) is 0 Å². The maximum atomic E-state index is 4.43. The number of nitrogens with one attached hydrogen (secondary N) is 1. The van der Waals surface area contributed by atoms with Gasteiger partial charge in [0.2, 0.25) is 0 Å². The molecule has 84 valence electrons. The summed E-state index contributed by atoms with van der Waals surface area (Å²) in [6, 6.07) is 2.03. The van der Waals surface area contributed by atoms with E-state index >= 15 is 0 Å². The highest BCUT2D eigenvalue weighted by Gasteiger charge is 2.15. The van der Waals surface area contributed by atoms with Gasteiger partial charge < -0.3 is 5.32 Å². The molecule has 4 heteroatoms. The third-order valence-corrected chi connectivity index (χ3v) is 2.86. The number of pyridine rings is 1. The predicted octanol–water partition coefficient (Wildman–Crippen LogP) is 2.14. The summed E-state index contributed by atoms with van der Waals surface area (Å²) >= 11 is 0. The molecule has 0 unspecified atom stereocenters. The molecule has 2 aromatic rings. The van der Waals surface area contributed by atoms with Crippen LogP contribution in [0.2, 0.25) is 0 Å². The molecule has 0 amide bonds. The second-order valence-electron chi connectivity index (χ2n) is 3.87. The molecule has 1 N–H and O–H groups in total. The Morgan fingerprint density at radius 1 is 1.31 bits per heavy atom. The molecule has 0 atom stereocenters. The molecule has 0 bridgehead atoms. The van der Waals surface area contributed by atoms with Crippen LogP contribution < -0.4 is 5.32 Å². The molecule has 0 aromatic carbocycles. The standard InChI is InChI=1S/C12H16N4/c1-8-7-14-6-5-10(8)11-9(2)16(4)15-12(11)13-3/h5-7H,1-4H3,(H,13,15). The van der Waals surface area contributed by atoms with Crippen LogP contribution in [0.25, 0.3) is 11.1 Å². The average Bonchev–Trinajstić information content (AvgIpc) is 2.56. The third kappa shape index (κ3) is 1.56. The lowest BCUT2D eigenvalue weighted by atomic mass is 10.0. The second kappa shape index (κ2) is 3.96. The van der Waals surface area contributed by atoms with Gasteiger partial charge >= 0.3 is 0 Å². The smallest absolute Gasteiger partial charge is 0.155 e. The van der Waals surface area contributed by atoms with E-state index in [1.807, 2.05) is 37.2 Å². The summed E-state index contributed by atoms with van der Waals surface area (Å²) in [5.41, 5.74) is 4.66. The highest BCUT2D eigenvalue weighted by molar-refractivity contribution is 5.79. The van der Waals surface area contributed by atoms with Crippen molar-refractivity contribution in [3.05, 3.63) is 29.7 Å². The predicted molar refractivity (Wildman–Crippen MR) is 65.5 cm³/mol. The van der Waals surface area contributed by atoms with Gasteiger partial charge in [0.25, 0.3) is 0 Å². The highest BCUT2D eigenvalue weighted by Crippen LogP contribution is 2.31. The van der Waals surface area contributed by atoms with Gasteiger partial charge in [-0.2, -0.15) is 5.10 Å². The Morgan fingerprint density at radius 3 is 2.69 bits per heavy atom. The van der Waals surface area contributed by atoms with Crippen molar-refractivity contribution >= 4 is 5.82 Å². The minimum Gasteiger partial charge on any atom is -0.371 e. The molecular weight excluding hydrogens is 200 g/mol. The van der Waals surface area contributed by atoms with Crippen LogP contribution >= 0.6 is 0 Å². The SMILES string of the molecule is CNc1nn(C)c(C)c1-c1ccncc1C. The van der Waals surface area contributed by atoms with Gasteiger partial charge in [-0.1, -0.05) is 0 Å². The summed E-state index contributed by atoms with van der Waals surface area (Å²) in [4.78, 5) is 4.11. The first-order valence-electron chi connectivity index (χ1n) is 5.27. The quantitative estimate of drug-likeness (QED) is 0.836. The van der Waals surface area contributed by atoms with Crippen molar-refractivity contribution in [2.45, 2.75) is 13.8 Å². The van der Waals surface area contributed by atoms with Crippen LogP contribution in [0.1, 0.15) is 11.3 Å². The largest absolute Gasteiger partial charge is 0.371 e. The normalized spacial score (nSPS) is 10.5. The molecule has 2 rings (SSSR count). The lowest BCUT2D eigenvalue weighted by Gasteiger charge is -2.06. The Kier molecular flexibility index (Phi) is 2.64. The van der Waals surface area contributed by atoms with Crippen LogP contribution in [0.5, 0.6) is 0 Å². The number of hydrogen-bond donors (Lipinski definition) is 1. The van der Waals surface area contributed by atoms with Crippen LogP contribution in [0, 0.1) is 13.8 Å². The lowest BCUT2D eigenvalue weighted by molar-refractivity contribution is 0.743. The number of aryl methyl sites for hydroxylation is 2. The van der Waals surface area contributed by atoms with E-state index in [1.54, 1.807) is 0 Å². The topological polar surface area (TPSA) is 42.7 Å². The van der Waals surface area contributed by atoms with Crippen LogP contribution in [-0.4, -0.2) is 21.8 Å². The molecule has 0 aliphatic heterocycles. The monoisotopic (exact) mass is 216 g/mol. The van der Waals surface area contributed by atoms with Gasteiger partial charge in [-0.15, -0.1) is 0 Å². The van der Waals surface area contributed by atoms with E-state index in [0.717, 1.165) is 22.6 Å². The summed E-state index contributed by atoms with van der Waals surface area (Å²) in [7, 11) is 3.85. The molecular formula is C12H16N4. The van der Waals surface area contributed by atoms with Crippen molar-refractivity contribution in [1.82, 2.24) is 14.8 Å². The molecule has 0 radical (unpaired) electrons. The van der Waals surface area contributed by atoms with Crippen LogP contribution in [0.4, 0.5) is 5.82 Å². The van der Waals surface area contributed by atoms with Gasteiger partial charge in [-0.05, 0) is 31.0 Å². The zero-order chi connectivity index (χ0) is 11.7. The number of rotatable bonds is 2. The Hall–Kier alpha value is -1.84. The molecule has 0 saturated heterocycles. The number of hydrogen-bond acceptors (Lipinski definition) is 3. The van der Waals surface area contributed by atoms with E-state index in [1.165, 1.54) is 5.56 Å². The summed E-state index contributed by atoms with van der Waals surface area (Å²) in [6.07, 6.45) is 3.69. The van der Waals surface area contributed by atoms with E-state index in [4.69, 9.17) is 0 Å². The lowest BCUT2D eigenvalue weighted by Crippen LogP contribution is -1.93. The van der Waals surface area contributed by atoms with Gasteiger partial charge in [0, 0.05) is 37.7 Å². The molecule has 2 aromatic heterocycles. The molecule has 16 heavy (non-hydrogen) atoms. The first kappa shape index (κ1) is 10.7. The molecule has 0 aliphatic carbocycles. The summed E-state index contributed by atoms with van der Waals surface area (Å²) in [5, 5.41) is 7.56. The first-order valence-corrected chi connectivity index (χ1v) is 5.27. The van der Waals surface area contributed by atoms with E-state index in [0.29, 0.717) is 0 Å². The number of nitrogens with zero attached hydrogens (tertiary/aromatic N) is 3. The number of aromatic nitrogens is 3. The Labute approximate surface area is 95.3 Å². The Morgan fingerprint density at radius 2 is 2.06 bits per heavy atom. The van der Waals surface area contributed by atoms with Gasteiger partial charge in [-0.25, -0.2) is 0 Å². The molecule has 4 nitrogen and oxygen atoms in total.